The molecule has 2 aromatic heterocycles. The molecule has 1 saturated carbocycles. The molecule has 28 heavy (non-hydrogen) atoms. The second kappa shape index (κ2) is 5.69. The number of imidazole rings is 1. The lowest BCUT2D eigenvalue weighted by Gasteiger charge is -2.40. The predicted octanol–water partition coefficient (Wildman–Crippen LogP) is 5.22. The van der Waals surface area contributed by atoms with Crippen LogP contribution in [-0.2, 0) is 11.8 Å². The standard InChI is InChI=1S/C24H26N4/c1-16-8-9-18-15-20-25-13-14-27(20)22(18)21(16)28-17(2)24(10-4-3-5-11-24)19-7-6-12-26-23(19)28/h6-9,12-14,17H,3-5,10-11,15H2,1-2H3. The van der Waals surface area contributed by atoms with E-state index in [0.717, 1.165) is 12.2 Å². The summed E-state index contributed by atoms with van der Waals surface area (Å²) in [4.78, 5) is 12.1. The molecule has 4 heterocycles. The molecule has 3 aromatic rings. The lowest BCUT2D eigenvalue weighted by molar-refractivity contribution is 0.268. The van der Waals surface area contributed by atoms with Gasteiger partial charge in [-0.25, -0.2) is 9.97 Å². The average molecular weight is 371 g/mol. The van der Waals surface area contributed by atoms with Crippen molar-refractivity contribution >= 4 is 11.5 Å². The SMILES string of the molecule is Cc1ccc2c(c1N1c3ncccc3C3(CCCCC3)C1C)-n1ccnc1C2. The van der Waals surface area contributed by atoms with E-state index in [1.807, 2.05) is 12.4 Å². The maximum atomic E-state index is 4.93. The number of aromatic nitrogens is 3. The quantitative estimate of drug-likeness (QED) is 0.460. The lowest BCUT2D eigenvalue weighted by Crippen LogP contribution is -2.42. The van der Waals surface area contributed by atoms with Crippen LogP contribution < -0.4 is 4.90 Å². The van der Waals surface area contributed by atoms with Crippen LogP contribution in [0.3, 0.4) is 0 Å². The van der Waals surface area contributed by atoms with Gasteiger partial charge in [-0.1, -0.05) is 37.5 Å². The molecule has 2 aliphatic heterocycles. The largest absolute Gasteiger partial charge is 0.320 e. The normalized spacial score (nSPS) is 21.6. The molecule has 6 rings (SSSR count). The van der Waals surface area contributed by atoms with Gasteiger partial charge in [0.1, 0.15) is 11.6 Å². The van der Waals surface area contributed by atoms with Crippen molar-refractivity contribution in [2.75, 3.05) is 4.90 Å². The third-order valence-corrected chi connectivity index (χ3v) is 7.47. The Morgan fingerprint density at radius 1 is 1.00 bits per heavy atom. The highest BCUT2D eigenvalue weighted by Crippen LogP contribution is 2.56. The number of anilines is 2. The minimum atomic E-state index is 0.230. The third-order valence-electron chi connectivity index (χ3n) is 7.47. The first kappa shape index (κ1) is 16.3. The molecule has 142 valence electrons. The number of rotatable bonds is 1. The molecule has 1 aromatic carbocycles. The zero-order valence-corrected chi connectivity index (χ0v) is 16.7. The fourth-order valence-electron chi connectivity index (χ4n) is 6.08. The summed E-state index contributed by atoms with van der Waals surface area (Å²) in [5.41, 5.74) is 7.01. The zero-order valence-electron chi connectivity index (χ0n) is 16.7. The van der Waals surface area contributed by atoms with Crippen LogP contribution in [-0.4, -0.2) is 20.6 Å². The van der Waals surface area contributed by atoms with E-state index in [4.69, 9.17) is 4.98 Å². The molecule has 0 amide bonds. The highest BCUT2D eigenvalue weighted by atomic mass is 15.3. The van der Waals surface area contributed by atoms with Crippen molar-refractivity contribution in [1.82, 2.24) is 14.5 Å². The first-order chi connectivity index (χ1) is 13.7. The van der Waals surface area contributed by atoms with E-state index in [1.165, 1.54) is 66.0 Å². The molecular weight excluding hydrogens is 344 g/mol. The predicted molar refractivity (Wildman–Crippen MR) is 112 cm³/mol. The fourth-order valence-corrected chi connectivity index (χ4v) is 6.08. The van der Waals surface area contributed by atoms with Gasteiger partial charge in [-0.05, 0) is 43.9 Å². The summed E-state index contributed by atoms with van der Waals surface area (Å²) in [6.07, 6.45) is 13.5. The van der Waals surface area contributed by atoms with Crippen LogP contribution >= 0.6 is 0 Å². The van der Waals surface area contributed by atoms with E-state index >= 15 is 0 Å². The van der Waals surface area contributed by atoms with Crippen molar-refractivity contribution in [1.29, 1.82) is 0 Å². The van der Waals surface area contributed by atoms with Gasteiger partial charge >= 0.3 is 0 Å². The lowest BCUT2D eigenvalue weighted by atomic mass is 9.67. The summed E-state index contributed by atoms with van der Waals surface area (Å²) in [5, 5.41) is 0. The van der Waals surface area contributed by atoms with Crippen molar-refractivity contribution in [3.63, 3.8) is 0 Å². The molecule has 1 aliphatic carbocycles. The number of hydrogen-bond acceptors (Lipinski definition) is 3. The summed E-state index contributed by atoms with van der Waals surface area (Å²) in [5.74, 6) is 2.31. The number of pyridine rings is 1. The van der Waals surface area contributed by atoms with Crippen molar-refractivity contribution in [2.24, 2.45) is 0 Å². The average Bonchev–Trinajstić information content (AvgIpc) is 3.37. The van der Waals surface area contributed by atoms with Gasteiger partial charge in [0.15, 0.2) is 0 Å². The Hall–Kier alpha value is -2.62. The van der Waals surface area contributed by atoms with E-state index in [0.29, 0.717) is 6.04 Å². The first-order valence-corrected chi connectivity index (χ1v) is 10.6. The highest BCUT2D eigenvalue weighted by Gasteiger charge is 2.51. The minimum Gasteiger partial charge on any atom is -0.320 e. The van der Waals surface area contributed by atoms with Crippen LogP contribution in [0, 0.1) is 6.92 Å². The summed E-state index contributed by atoms with van der Waals surface area (Å²) in [6, 6.07) is 9.43. The van der Waals surface area contributed by atoms with Crippen LogP contribution in [0.2, 0.25) is 0 Å². The number of nitrogens with zero attached hydrogens (tertiary/aromatic N) is 4. The van der Waals surface area contributed by atoms with Gasteiger partial charge in [0.05, 0.1) is 11.4 Å². The van der Waals surface area contributed by atoms with Gasteiger partial charge in [0.25, 0.3) is 0 Å². The maximum absolute atomic E-state index is 4.93. The Bertz CT molecular complexity index is 1070. The van der Waals surface area contributed by atoms with Crippen molar-refractivity contribution in [3.05, 3.63) is 65.4 Å². The minimum absolute atomic E-state index is 0.230. The van der Waals surface area contributed by atoms with E-state index in [1.54, 1.807) is 0 Å². The zero-order chi connectivity index (χ0) is 18.9. The van der Waals surface area contributed by atoms with Crippen LogP contribution in [0.15, 0.2) is 42.9 Å². The van der Waals surface area contributed by atoms with E-state index in [2.05, 4.69) is 58.8 Å². The molecule has 0 N–H and O–H groups in total. The van der Waals surface area contributed by atoms with E-state index in [9.17, 15) is 0 Å². The fraction of sp³-hybridized carbons (Fsp3) is 0.417. The van der Waals surface area contributed by atoms with Crippen molar-refractivity contribution < 1.29 is 0 Å². The van der Waals surface area contributed by atoms with E-state index < -0.39 is 0 Å². The molecule has 0 bridgehead atoms. The number of fused-ring (bicyclic) bond motifs is 5. The Labute approximate surface area is 166 Å². The van der Waals surface area contributed by atoms with Gasteiger partial charge in [-0.2, -0.15) is 0 Å². The first-order valence-electron chi connectivity index (χ1n) is 10.6. The summed E-state index contributed by atoms with van der Waals surface area (Å²) in [7, 11) is 0. The number of hydrogen-bond donors (Lipinski definition) is 0. The summed E-state index contributed by atoms with van der Waals surface area (Å²) < 4.78 is 2.29. The van der Waals surface area contributed by atoms with Gasteiger partial charge in [0, 0.05) is 42.0 Å². The summed E-state index contributed by atoms with van der Waals surface area (Å²) >= 11 is 0. The Balaban J connectivity index is 1.61. The molecule has 0 saturated heterocycles. The van der Waals surface area contributed by atoms with Crippen LogP contribution in [0.1, 0.15) is 61.5 Å². The van der Waals surface area contributed by atoms with Crippen molar-refractivity contribution in [2.45, 2.75) is 63.8 Å². The van der Waals surface area contributed by atoms with Crippen LogP contribution in [0.5, 0.6) is 0 Å². The molecule has 4 heteroatoms. The molecular formula is C24H26N4. The Kier molecular flexibility index (Phi) is 3.32. The monoisotopic (exact) mass is 370 g/mol. The molecule has 1 unspecified atom stereocenters. The molecule has 1 spiro atoms. The Morgan fingerprint density at radius 3 is 2.71 bits per heavy atom. The van der Waals surface area contributed by atoms with Gasteiger partial charge in [0.2, 0.25) is 0 Å². The van der Waals surface area contributed by atoms with Crippen molar-refractivity contribution in [3.8, 4) is 5.69 Å². The second-order valence-corrected chi connectivity index (χ2v) is 8.77. The van der Waals surface area contributed by atoms with E-state index in [-0.39, 0.29) is 5.41 Å². The topological polar surface area (TPSA) is 34.0 Å². The maximum Gasteiger partial charge on any atom is 0.137 e. The second-order valence-electron chi connectivity index (χ2n) is 8.77. The van der Waals surface area contributed by atoms with Gasteiger partial charge in [-0.15, -0.1) is 0 Å². The highest BCUT2D eigenvalue weighted by molar-refractivity contribution is 5.82. The molecule has 4 nitrogen and oxygen atoms in total. The molecule has 1 fully saturated rings. The molecule has 1 atom stereocenters. The third kappa shape index (κ3) is 1.96. The Morgan fingerprint density at radius 2 is 1.86 bits per heavy atom. The van der Waals surface area contributed by atoms with Crippen LogP contribution in [0.4, 0.5) is 11.5 Å². The smallest absolute Gasteiger partial charge is 0.137 e. The van der Waals surface area contributed by atoms with Gasteiger partial charge < -0.3 is 9.47 Å². The number of aryl methyl sites for hydroxylation is 1. The molecule has 3 aliphatic rings. The van der Waals surface area contributed by atoms with Gasteiger partial charge in [-0.3, -0.25) is 0 Å². The summed E-state index contributed by atoms with van der Waals surface area (Å²) in [6.45, 7) is 4.67. The number of benzene rings is 1. The van der Waals surface area contributed by atoms with Crippen LogP contribution in [0.25, 0.3) is 5.69 Å². The molecule has 0 radical (unpaired) electrons.